The summed E-state index contributed by atoms with van der Waals surface area (Å²) in [5.41, 5.74) is -0.527. The summed E-state index contributed by atoms with van der Waals surface area (Å²) in [5, 5.41) is 5.87. The third-order valence-corrected chi connectivity index (χ3v) is 3.09. The molecule has 0 bridgehead atoms. The van der Waals surface area contributed by atoms with Crippen molar-refractivity contribution in [3.8, 4) is 0 Å². The molecule has 144 valence electrons. The predicted molar refractivity (Wildman–Crippen MR) is 87.0 cm³/mol. The lowest BCUT2D eigenvalue weighted by Gasteiger charge is -2.20. The summed E-state index contributed by atoms with van der Waals surface area (Å²) in [6, 6.07) is 0.0568. The Morgan fingerprint density at radius 3 is 2.29 bits per heavy atom. The Balaban J connectivity index is 3.82. The molecule has 24 heavy (non-hydrogen) atoms. The number of rotatable bonds is 11. The average Bonchev–Trinajstić information content (AvgIpc) is 2.39. The van der Waals surface area contributed by atoms with Gasteiger partial charge in [-0.3, -0.25) is 0 Å². The summed E-state index contributed by atoms with van der Waals surface area (Å²) in [6.45, 7) is 6.86. The van der Waals surface area contributed by atoms with Crippen LogP contribution in [0.1, 0.15) is 52.9 Å². The maximum atomic E-state index is 12.1. The number of amides is 1. The molecule has 5 nitrogen and oxygen atoms in total. The molecule has 1 unspecified atom stereocenters. The van der Waals surface area contributed by atoms with Gasteiger partial charge in [0.2, 0.25) is 0 Å². The number of alkyl carbamates (subject to hydrolysis) is 1. The van der Waals surface area contributed by atoms with Gasteiger partial charge in [-0.25, -0.2) is 4.79 Å². The highest BCUT2D eigenvalue weighted by atomic mass is 19.4. The second-order valence-corrected chi connectivity index (χ2v) is 6.75. The molecule has 0 fully saturated rings. The van der Waals surface area contributed by atoms with E-state index < -0.39 is 24.3 Å². The van der Waals surface area contributed by atoms with Gasteiger partial charge >= 0.3 is 12.3 Å². The Bertz CT molecular complexity index is 344. The van der Waals surface area contributed by atoms with Crippen molar-refractivity contribution in [1.29, 1.82) is 0 Å². The number of halogens is 3. The Kier molecular flexibility index (Phi) is 11.0. The van der Waals surface area contributed by atoms with Crippen molar-refractivity contribution in [2.24, 2.45) is 0 Å². The van der Waals surface area contributed by atoms with Crippen LogP contribution in [-0.4, -0.2) is 50.7 Å². The molecule has 0 aliphatic carbocycles. The average molecular weight is 356 g/mol. The highest BCUT2D eigenvalue weighted by Crippen LogP contribution is 2.21. The van der Waals surface area contributed by atoms with Crippen molar-refractivity contribution in [2.75, 3.05) is 26.8 Å². The van der Waals surface area contributed by atoms with Crippen LogP contribution in [0.25, 0.3) is 0 Å². The molecular weight excluding hydrogens is 325 g/mol. The van der Waals surface area contributed by atoms with Crippen LogP contribution in [0.4, 0.5) is 18.0 Å². The van der Waals surface area contributed by atoms with E-state index in [1.54, 1.807) is 27.9 Å². The smallest absolute Gasteiger partial charge is 0.407 e. The third-order valence-electron chi connectivity index (χ3n) is 3.09. The lowest BCUT2D eigenvalue weighted by Crippen LogP contribution is -2.36. The lowest BCUT2D eigenvalue weighted by molar-refractivity contribution is -0.135. The van der Waals surface area contributed by atoms with Crippen molar-refractivity contribution in [3.63, 3.8) is 0 Å². The normalized spacial score (nSPS) is 13.6. The van der Waals surface area contributed by atoms with Gasteiger partial charge in [0.05, 0.1) is 6.61 Å². The molecule has 0 rings (SSSR count). The lowest BCUT2D eigenvalue weighted by atomic mass is 10.1. The molecule has 8 heteroatoms. The molecule has 0 spiro atoms. The molecule has 0 saturated carbocycles. The Labute approximate surface area is 142 Å². The zero-order valence-electron chi connectivity index (χ0n) is 15.1. The first-order valence-electron chi connectivity index (χ1n) is 8.29. The Hall–Kier alpha value is -1.02. The number of carbonyl (C=O) groups is 1. The monoisotopic (exact) mass is 356 g/mol. The van der Waals surface area contributed by atoms with Gasteiger partial charge in [0.1, 0.15) is 5.60 Å². The molecule has 0 saturated heterocycles. The van der Waals surface area contributed by atoms with E-state index in [4.69, 9.17) is 9.47 Å². The molecule has 0 aromatic carbocycles. The quantitative estimate of drug-likeness (QED) is 0.555. The third kappa shape index (κ3) is 15.9. The number of alkyl halides is 3. The van der Waals surface area contributed by atoms with Crippen LogP contribution in [0, 0.1) is 0 Å². The van der Waals surface area contributed by atoms with Gasteiger partial charge in [-0.05, 0) is 53.0 Å². The molecule has 2 N–H and O–H groups in total. The van der Waals surface area contributed by atoms with Gasteiger partial charge in [-0.15, -0.1) is 0 Å². The van der Waals surface area contributed by atoms with Crippen molar-refractivity contribution in [2.45, 2.75) is 70.7 Å². The van der Waals surface area contributed by atoms with Gasteiger partial charge in [0.15, 0.2) is 0 Å². The number of hydrogen-bond acceptors (Lipinski definition) is 4. The van der Waals surface area contributed by atoms with Crippen molar-refractivity contribution >= 4 is 6.09 Å². The van der Waals surface area contributed by atoms with Crippen molar-refractivity contribution in [3.05, 3.63) is 0 Å². The summed E-state index contributed by atoms with van der Waals surface area (Å²) >= 11 is 0. The van der Waals surface area contributed by atoms with E-state index in [1.165, 1.54) is 0 Å². The summed E-state index contributed by atoms with van der Waals surface area (Å²) in [5.74, 6) is 0. The number of unbranched alkanes of at least 4 members (excludes halogenated alkanes) is 1. The predicted octanol–water partition coefficient (Wildman–Crippen LogP) is 3.63. The molecule has 0 aliphatic rings. The van der Waals surface area contributed by atoms with Gasteiger partial charge < -0.3 is 20.1 Å². The fraction of sp³-hybridized carbons (Fsp3) is 0.938. The first-order valence-corrected chi connectivity index (χ1v) is 8.29. The van der Waals surface area contributed by atoms with Gasteiger partial charge in [-0.1, -0.05) is 0 Å². The largest absolute Gasteiger partial charge is 0.444 e. The zero-order valence-corrected chi connectivity index (χ0v) is 15.1. The van der Waals surface area contributed by atoms with Crippen LogP contribution in [0.3, 0.4) is 0 Å². The number of carbonyl (C=O) groups excluding carboxylic acids is 1. The van der Waals surface area contributed by atoms with Crippen LogP contribution >= 0.6 is 0 Å². The van der Waals surface area contributed by atoms with E-state index >= 15 is 0 Å². The minimum Gasteiger partial charge on any atom is -0.444 e. The standard InChI is InChI=1S/C16H31F3N2O3/c1-15(2,3)24-14(22)21-11-7-8-13(12-23-4)20-10-6-5-9-16(17,18)19/h13,20H,5-12H2,1-4H3,(H,21,22). The zero-order chi connectivity index (χ0) is 18.6. The van der Waals surface area contributed by atoms with E-state index in [2.05, 4.69) is 10.6 Å². The molecule has 1 atom stereocenters. The van der Waals surface area contributed by atoms with E-state index in [0.29, 0.717) is 26.1 Å². The summed E-state index contributed by atoms with van der Waals surface area (Å²) < 4.78 is 46.4. The Morgan fingerprint density at radius 1 is 1.08 bits per heavy atom. The van der Waals surface area contributed by atoms with Crippen LogP contribution in [0.2, 0.25) is 0 Å². The van der Waals surface area contributed by atoms with Gasteiger partial charge in [-0.2, -0.15) is 13.2 Å². The first kappa shape index (κ1) is 23.0. The summed E-state index contributed by atoms with van der Waals surface area (Å²) in [7, 11) is 1.58. The fourth-order valence-electron chi connectivity index (χ4n) is 2.06. The van der Waals surface area contributed by atoms with Crippen LogP contribution in [-0.2, 0) is 9.47 Å². The topological polar surface area (TPSA) is 59.6 Å². The SMILES string of the molecule is COCC(CCCNC(=O)OC(C)(C)C)NCCCCC(F)(F)F. The van der Waals surface area contributed by atoms with Gasteiger partial charge in [0.25, 0.3) is 0 Å². The minimum atomic E-state index is -4.08. The molecule has 0 aromatic rings. The van der Waals surface area contributed by atoms with E-state index in [0.717, 1.165) is 12.8 Å². The highest BCUT2D eigenvalue weighted by molar-refractivity contribution is 5.67. The van der Waals surface area contributed by atoms with Crippen molar-refractivity contribution in [1.82, 2.24) is 10.6 Å². The molecule has 1 amide bonds. The van der Waals surface area contributed by atoms with E-state index in [1.807, 2.05) is 0 Å². The molecule has 0 aliphatic heterocycles. The molecule has 0 heterocycles. The molecule has 0 radical (unpaired) electrons. The summed E-state index contributed by atoms with van der Waals surface area (Å²) in [4.78, 5) is 11.5. The fourth-order valence-corrected chi connectivity index (χ4v) is 2.06. The van der Waals surface area contributed by atoms with E-state index in [9.17, 15) is 18.0 Å². The number of ether oxygens (including phenoxy) is 2. The Morgan fingerprint density at radius 2 is 1.75 bits per heavy atom. The number of hydrogen-bond donors (Lipinski definition) is 2. The minimum absolute atomic E-state index is 0.0568. The van der Waals surface area contributed by atoms with Crippen LogP contribution in [0.15, 0.2) is 0 Å². The molecule has 0 aromatic heterocycles. The van der Waals surface area contributed by atoms with Crippen LogP contribution < -0.4 is 10.6 Å². The molecular formula is C16H31F3N2O3. The summed E-state index contributed by atoms with van der Waals surface area (Å²) in [6.07, 6.45) is -3.22. The maximum absolute atomic E-state index is 12.1. The van der Waals surface area contributed by atoms with Crippen molar-refractivity contribution < 1.29 is 27.4 Å². The highest BCUT2D eigenvalue weighted by Gasteiger charge is 2.25. The number of methoxy groups -OCH3 is 1. The van der Waals surface area contributed by atoms with Crippen LogP contribution in [0.5, 0.6) is 0 Å². The number of nitrogens with one attached hydrogen (secondary N) is 2. The first-order chi connectivity index (χ1) is 11.0. The van der Waals surface area contributed by atoms with Gasteiger partial charge in [0, 0.05) is 26.1 Å². The van der Waals surface area contributed by atoms with E-state index in [-0.39, 0.29) is 12.5 Å². The second kappa shape index (κ2) is 11.5. The second-order valence-electron chi connectivity index (χ2n) is 6.75. The maximum Gasteiger partial charge on any atom is 0.407 e.